The highest BCUT2D eigenvalue weighted by Crippen LogP contribution is 2.40. The molecule has 0 bridgehead atoms. The number of benzene rings is 2. The van der Waals surface area contributed by atoms with Gasteiger partial charge in [-0.25, -0.2) is 9.59 Å². The highest BCUT2D eigenvalue weighted by atomic mass is 79.9. The van der Waals surface area contributed by atoms with E-state index in [2.05, 4.69) is 20.7 Å². The molecular formula is C23H20BrNO8S. The van der Waals surface area contributed by atoms with Gasteiger partial charge >= 0.3 is 11.9 Å². The van der Waals surface area contributed by atoms with Crippen LogP contribution in [0, 0.1) is 0 Å². The van der Waals surface area contributed by atoms with E-state index in [1.165, 1.54) is 39.4 Å². The number of methoxy groups -OCH3 is 2. The van der Waals surface area contributed by atoms with Gasteiger partial charge in [-0.3, -0.25) is 14.5 Å². The van der Waals surface area contributed by atoms with Gasteiger partial charge in [0.05, 0.1) is 29.2 Å². The number of esters is 1. The summed E-state index contributed by atoms with van der Waals surface area (Å²) in [5.74, 6) is -1.50. The molecule has 0 spiro atoms. The third-order valence-electron chi connectivity index (χ3n) is 4.89. The molecule has 1 aliphatic heterocycles. The Labute approximate surface area is 207 Å². The summed E-state index contributed by atoms with van der Waals surface area (Å²) >= 11 is 4.17. The number of hydrogen-bond donors (Lipinski definition) is 1. The molecular weight excluding hydrogens is 530 g/mol. The molecule has 0 aromatic heterocycles. The normalized spacial score (nSPS) is 15.4. The van der Waals surface area contributed by atoms with Gasteiger partial charge in [-0.2, -0.15) is 0 Å². The maximum absolute atomic E-state index is 12.7. The van der Waals surface area contributed by atoms with Crippen molar-refractivity contribution in [3.8, 4) is 11.5 Å². The van der Waals surface area contributed by atoms with Crippen LogP contribution in [0.4, 0.5) is 4.79 Å². The number of carbonyl (C=O) groups is 4. The van der Waals surface area contributed by atoms with Crippen molar-refractivity contribution in [1.29, 1.82) is 0 Å². The van der Waals surface area contributed by atoms with Crippen molar-refractivity contribution in [3.63, 3.8) is 0 Å². The fraction of sp³-hybridized carbons (Fsp3) is 0.217. The summed E-state index contributed by atoms with van der Waals surface area (Å²) in [6, 6.07) is 8.60. The number of carboxylic acid groups (broad SMARTS) is 1. The highest BCUT2D eigenvalue weighted by molar-refractivity contribution is 9.10. The van der Waals surface area contributed by atoms with E-state index in [9.17, 15) is 19.2 Å². The number of amides is 2. The lowest BCUT2D eigenvalue weighted by molar-refractivity contribution is -0.148. The van der Waals surface area contributed by atoms with Gasteiger partial charge in [-0.15, -0.1) is 0 Å². The van der Waals surface area contributed by atoms with E-state index in [1.807, 2.05) is 0 Å². The molecule has 1 aliphatic rings. The van der Waals surface area contributed by atoms with Gasteiger partial charge in [0.2, 0.25) is 0 Å². The molecule has 1 fully saturated rings. The smallest absolute Gasteiger partial charge is 0.335 e. The lowest BCUT2D eigenvalue weighted by atomic mass is 10.1. The number of hydrogen-bond acceptors (Lipinski definition) is 8. The van der Waals surface area contributed by atoms with Crippen molar-refractivity contribution in [1.82, 2.24) is 4.90 Å². The second-order valence-electron chi connectivity index (χ2n) is 7.08. The fourth-order valence-corrected chi connectivity index (χ4v) is 4.59. The Kier molecular flexibility index (Phi) is 8.00. The SMILES string of the molecule is COC(=O)[C@@H](C)N1C(=O)S/C(=C/c2cc(Br)c(OCc3ccc(C(=O)O)cc3)c(OC)c2)C1=O. The number of carboxylic acids is 1. The van der Waals surface area contributed by atoms with Crippen LogP contribution in [0.3, 0.4) is 0 Å². The highest BCUT2D eigenvalue weighted by Gasteiger charge is 2.41. The zero-order chi connectivity index (χ0) is 25.0. The Hall–Kier alpha value is -3.31. The van der Waals surface area contributed by atoms with Gasteiger partial charge in [0.15, 0.2) is 11.5 Å². The molecule has 1 saturated heterocycles. The van der Waals surface area contributed by atoms with Crippen LogP contribution in [0.2, 0.25) is 0 Å². The van der Waals surface area contributed by atoms with Gasteiger partial charge in [0.1, 0.15) is 12.6 Å². The molecule has 0 unspecified atom stereocenters. The summed E-state index contributed by atoms with van der Waals surface area (Å²) in [5.41, 5.74) is 1.51. The lowest BCUT2D eigenvalue weighted by Crippen LogP contribution is -2.42. The van der Waals surface area contributed by atoms with Crippen molar-refractivity contribution in [3.05, 3.63) is 62.5 Å². The molecule has 1 heterocycles. The maximum atomic E-state index is 12.7. The van der Waals surface area contributed by atoms with Crippen LogP contribution in [-0.2, 0) is 20.9 Å². The number of rotatable bonds is 8. The molecule has 2 aromatic rings. The monoisotopic (exact) mass is 549 g/mol. The molecule has 0 aliphatic carbocycles. The Morgan fingerprint density at radius 2 is 1.85 bits per heavy atom. The number of carbonyl (C=O) groups excluding carboxylic acids is 3. The molecule has 3 rings (SSSR count). The second-order valence-corrected chi connectivity index (χ2v) is 8.92. The fourth-order valence-electron chi connectivity index (χ4n) is 3.10. The molecule has 34 heavy (non-hydrogen) atoms. The molecule has 0 radical (unpaired) electrons. The van der Waals surface area contributed by atoms with Gasteiger partial charge in [0, 0.05) is 0 Å². The topological polar surface area (TPSA) is 119 Å². The summed E-state index contributed by atoms with van der Waals surface area (Å²) in [6.07, 6.45) is 1.52. The van der Waals surface area contributed by atoms with Crippen LogP contribution < -0.4 is 9.47 Å². The maximum Gasteiger partial charge on any atom is 0.335 e. The minimum atomic E-state index is -1.04. The first kappa shape index (κ1) is 25.3. The van der Waals surface area contributed by atoms with E-state index in [0.717, 1.165) is 22.2 Å². The molecule has 2 aromatic carbocycles. The van der Waals surface area contributed by atoms with Crippen LogP contribution in [0.5, 0.6) is 11.5 Å². The Morgan fingerprint density at radius 1 is 1.18 bits per heavy atom. The van der Waals surface area contributed by atoms with Crippen LogP contribution in [0.1, 0.15) is 28.4 Å². The Bertz CT molecular complexity index is 1180. The van der Waals surface area contributed by atoms with Gasteiger partial charge in [-0.1, -0.05) is 12.1 Å². The molecule has 1 atom stereocenters. The average Bonchev–Trinajstić information content (AvgIpc) is 3.09. The molecule has 11 heteroatoms. The second kappa shape index (κ2) is 10.7. The molecule has 1 N–H and O–H groups in total. The van der Waals surface area contributed by atoms with Crippen molar-refractivity contribution in [2.75, 3.05) is 14.2 Å². The number of thioether (sulfide) groups is 1. The van der Waals surface area contributed by atoms with Gasteiger partial charge in [0.25, 0.3) is 11.1 Å². The predicted octanol–water partition coefficient (Wildman–Crippen LogP) is 4.33. The molecule has 178 valence electrons. The third-order valence-corrected chi connectivity index (χ3v) is 6.36. The Morgan fingerprint density at radius 3 is 2.44 bits per heavy atom. The average molecular weight is 550 g/mol. The number of ether oxygens (including phenoxy) is 3. The van der Waals surface area contributed by atoms with E-state index in [1.54, 1.807) is 24.3 Å². The number of halogens is 1. The summed E-state index contributed by atoms with van der Waals surface area (Å²) < 4.78 is 16.5. The lowest BCUT2D eigenvalue weighted by Gasteiger charge is -2.18. The first-order chi connectivity index (χ1) is 16.2. The van der Waals surface area contributed by atoms with E-state index in [4.69, 9.17) is 14.6 Å². The quantitative estimate of drug-likeness (QED) is 0.378. The van der Waals surface area contributed by atoms with Crippen molar-refractivity contribution < 1.29 is 38.5 Å². The molecule has 9 nitrogen and oxygen atoms in total. The first-order valence-corrected chi connectivity index (χ1v) is 11.4. The van der Waals surface area contributed by atoms with E-state index >= 15 is 0 Å². The number of aromatic carboxylic acids is 1. The molecule has 2 amide bonds. The zero-order valence-electron chi connectivity index (χ0n) is 18.4. The van der Waals surface area contributed by atoms with Crippen LogP contribution in [0.25, 0.3) is 6.08 Å². The Balaban J connectivity index is 1.81. The van der Waals surface area contributed by atoms with E-state index in [0.29, 0.717) is 21.5 Å². The van der Waals surface area contributed by atoms with Gasteiger partial charge in [-0.05, 0) is 76.1 Å². The van der Waals surface area contributed by atoms with E-state index < -0.39 is 29.1 Å². The first-order valence-electron chi connectivity index (χ1n) is 9.83. The third kappa shape index (κ3) is 5.42. The van der Waals surface area contributed by atoms with Crippen molar-refractivity contribution in [2.45, 2.75) is 19.6 Å². The van der Waals surface area contributed by atoms with E-state index in [-0.39, 0.29) is 17.1 Å². The minimum absolute atomic E-state index is 0.155. The summed E-state index contributed by atoms with van der Waals surface area (Å²) in [6.45, 7) is 1.59. The summed E-state index contributed by atoms with van der Waals surface area (Å²) in [5, 5.41) is 8.44. The minimum Gasteiger partial charge on any atom is -0.493 e. The summed E-state index contributed by atoms with van der Waals surface area (Å²) in [4.78, 5) is 48.8. The molecule has 0 saturated carbocycles. The predicted molar refractivity (Wildman–Crippen MR) is 128 cm³/mol. The summed E-state index contributed by atoms with van der Waals surface area (Å²) in [7, 11) is 2.65. The van der Waals surface area contributed by atoms with Crippen LogP contribution in [-0.4, -0.2) is 53.4 Å². The van der Waals surface area contributed by atoms with Crippen molar-refractivity contribution >= 4 is 56.9 Å². The standard InChI is InChI=1S/C23H20BrNO8S/c1-12(22(29)32-3)25-20(26)18(34-23(25)30)10-14-8-16(24)19(17(9-14)31-2)33-11-13-4-6-15(7-5-13)21(27)28/h4-10,12H,11H2,1-3H3,(H,27,28)/b18-10+/t12-/m1/s1. The number of imide groups is 1. The van der Waals surface area contributed by atoms with Crippen LogP contribution >= 0.6 is 27.7 Å². The van der Waals surface area contributed by atoms with Crippen molar-refractivity contribution in [2.24, 2.45) is 0 Å². The zero-order valence-corrected chi connectivity index (χ0v) is 20.8. The number of nitrogens with zero attached hydrogens (tertiary/aromatic N) is 1. The largest absolute Gasteiger partial charge is 0.493 e. The van der Waals surface area contributed by atoms with Crippen LogP contribution in [0.15, 0.2) is 45.8 Å². The van der Waals surface area contributed by atoms with Gasteiger partial charge < -0.3 is 19.3 Å².